The van der Waals surface area contributed by atoms with Crippen molar-refractivity contribution in [3.63, 3.8) is 0 Å². The number of H-pyrrole nitrogens is 1. The van der Waals surface area contributed by atoms with Gasteiger partial charge in [0.1, 0.15) is 0 Å². The van der Waals surface area contributed by atoms with Crippen molar-refractivity contribution < 1.29 is 13.2 Å². The van der Waals surface area contributed by atoms with Crippen LogP contribution in [0.15, 0.2) is 29.4 Å². The number of hydrogen-bond donors (Lipinski definition) is 1. The number of alkyl halides is 3. The van der Waals surface area contributed by atoms with Gasteiger partial charge in [-0.15, -0.1) is 5.10 Å². The van der Waals surface area contributed by atoms with Gasteiger partial charge in [0.05, 0.1) is 5.56 Å². The van der Waals surface area contributed by atoms with Crippen LogP contribution in [0.2, 0.25) is 0 Å². The van der Waals surface area contributed by atoms with Crippen LogP contribution in [-0.2, 0) is 6.18 Å². The summed E-state index contributed by atoms with van der Waals surface area (Å²) in [5, 5.41) is 6.95. The minimum absolute atomic E-state index is 0.334. The summed E-state index contributed by atoms with van der Waals surface area (Å²) >= 11 is 1.32. The maximum Gasteiger partial charge on any atom is 0.416 e. The van der Waals surface area contributed by atoms with Crippen molar-refractivity contribution in [2.24, 2.45) is 0 Å². The predicted molar refractivity (Wildman–Crippen MR) is 58.6 cm³/mol. The highest BCUT2D eigenvalue weighted by Crippen LogP contribution is 2.31. The smallest absolute Gasteiger partial charge is 0.258 e. The number of rotatable bonds is 2. The first kappa shape index (κ1) is 12.0. The average Bonchev–Trinajstić information content (AvgIpc) is 2.76. The Morgan fingerprint density at radius 3 is 2.65 bits per heavy atom. The molecule has 0 radical (unpaired) electrons. The van der Waals surface area contributed by atoms with Crippen molar-refractivity contribution >= 4 is 11.8 Å². The maximum absolute atomic E-state index is 12.5. The van der Waals surface area contributed by atoms with Gasteiger partial charge in [-0.2, -0.15) is 13.2 Å². The fourth-order valence-electron chi connectivity index (χ4n) is 1.31. The first-order valence-electron chi connectivity index (χ1n) is 4.65. The lowest BCUT2D eigenvalue weighted by Crippen LogP contribution is -2.04. The van der Waals surface area contributed by atoms with Crippen molar-refractivity contribution in [3.05, 3.63) is 29.8 Å². The summed E-state index contributed by atoms with van der Waals surface area (Å²) in [7, 11) is 0. The molecule has 1 N–H and O–H groups in total. The Morgan fingerprint density at radius 1 is 1.29 bits per heavy atom. The van der Waals surface area contributed by atoms with Gasteiger partial charge in [0.25, 0.3) is 0 Å². The van der Waals surface area contributed by atoms with Crippen molar-refractivity contribution in [2.45, 2.75) is 11.3 Å². The van der Waals surface area contributed by atoms with Gasteiger partial charge in [0, 0.05) is 5.56 Å². The lowest BCUT2D eigenvalue weighted by molar-refractivity contribution is -0.137. The van der Waals surface area contributed by atoms with E-state index in [0.717, 1.165) is 12.1 Å². The third kappa shape index (κ3) is 2.60. The van der Waals surface area contributed by atoms with Crippen molar-refractivity contribution in [3.8, 4) is 11.4 Å². The number of hydrogen-bond acceptors (Lipinski definition) is 3. The van der Waals surface area contributed by atoms with E-state index in [1.807, 2.05) is 0 Å². The van der Waals surface area contributed by atoms with Gasteiger partial charge in [-0.1, -0.05) is 23.9 Å². The lowest BCUT2D eigenvalue weighted by Gasteiger charge is -2.06. The maximum atomic E-state index is 12.5. The highest BCUT2D eigenvalue weighted by atomic mass is 32.2. The molecule has 0 saturated carbocycles. The standard InChI is InChI=1S/C10H8F3N3S/c1-17-9-14-8(15-16-9)6-3-2-4-7(5-6)10(11,12)13/h2-5H,1H3,(H,14,15,16). The lowest BCUT2D eigenvalue weighted by atomic mass is 10.1. The number of aromatic nitrogens is 3. The first-order chi connectivity index (χ1) is 8.00. The van der Waals surface area contributed by atoms with Gasteiger partial charge < -0.3 is 0 Å². The Kier molecular flexibility index (Phi) is 3.10. The number of halogens is 3. The molecule has 0 bridgehead atoms. The van der Waals surface area contributed by atoms with E-state index in [0.29, 0.717) is 16.5 Å². The van der Waals surface area contributed by atoms with Crippen LogP contribution in [0.5, 0.6) is 0 Å². The molecule has 90 valence electrons. The molecule has 0 spiro atoms. The van der Waals surface area contributed by atoms with Gasteiger partial charge in [-0.05, 0) is 18.4 Å². The van der Waals surface area contributed by atoms with Crippen molar-refractivity contribution in [1.29, 1.82) is 0 Å². The van der Waals surface area contributed by atoms with E-state index in [2.05, 4.69) is 15.2 Å². The van der Waals surface area contributed by atoms with Crippen LogP contribution in [0.25, 0.3) is 11.4 Å². The van der Waals surface area contributed by atoms with E-state index in [9.17, 15) is 13.2 Å². The topological polar surface area (TPSA) is 41.6 Å². The van der Waals surface area contributed by atoms with E-state index in [1.165, 1.54) is 17.8 Å². The van der Waals surface area contributed by atoms with Crippen LogP contribution in [0, 0.1) is 0 Å². The molecule has 0 aliphatic heterocycles. The van der Waals surface area contributed by atoms with Gasteiger partial charge in [0.15, 0.2) is 5.82 Å². The Hall–Kier alpha value is -1.50. The molecule has 0 saturated heterocycles. The van der Waals surface area contributed by atoms with Crippen LogP contribution in [-0.4, -0.2) is 21.4 Å². The Morgan fingerprint density at radius 2 is 2.06 bits per heavy atom. The van der Waals surface area contributed by atoms with Crippen LogP contribution in [0.1, 0.15) is 5.56 Å². The summed E-state index contributed by atoms with van der Waals surface area (Å²) in [5.74, 6) is 0.334. The second kappa shape index (κ2) is 4.40. The zero-order valence-electron chi connectivity index (χ0n) is 8.75. The van der Waals surface area contributed by atoms with Gasteiger partial charge in [-0.3, -0.25) is 5.10 Å². The van der Waals surface area contributed by atoms with Crippen LogP contribution in [0.4, 0.5) is 13.2 Å². The van der Waals surface area contributed by atoms with E-state index in [4.69, 9.17) is 0 Å². The second-order valence-corrected chi connectivity index (χ2v) is 4.02. The molecule has 7 heteroatoms. The zero-order chi connectivity index (χ0) is 12.5. The highest BCUT2D eigenvalue weighted by molar-refractivity contribution is 7.98. The number of benzene rings is 1. The monoisotopic (exact) mass is 259 g/mol. The molecule has 0 aliphatic carbocycles. The van der Waals surface area contributed by atoms with Crippen LogP contribution >= 0.6 is 11.8 Å². The summed E-state index contributed by atoms with van der Waals surface area (Å²) in [6.07, 6.45) is -2.56. The predicted octanol–water partition coefficient (Wildman–Crippen LogP) is 3.21. The van der Waals surface area contributed by atoms with Crippen LogP contribution in [0.3, 0.4) is 0 Å². The number of nitrogens with zero attached hydrogens (tertiary/aromatic N) is 2. The molecule has 1 heterocycles. The fourth-order valence-corrected chi connectivity index (χ4v) is 1.63. The molecule has 2 aromatic rings. The van der Waals surface area contributed by atoms with E-state index in [1.54, 1.807) is 12.3 Å². The SMILES string of the molecule is CSc1n[nH]c(-c2cccc(C(F)(F)F)c2)n1. The zero-order valence-corrected chi connectivity index (χ0v) is 9.56. The third-order valence-electron chi connectivity index (χ3n) is 2.11. The van der Waals surface area contributed by atoms with Crippen molar-refractivity contribution in [1.82, 2.24) is 15.2 Å². The minimum atomic E-state index is -4.35. The minimum Gasteiger partial charge on any atom is -0.258 e. The quantitative estimate of drug-likeness (QED) is 0.842. The van der Waals surface area contributed by atoms with Gasteiger partial charge in [-0.25, -0.2) is 4.98 Å². The molecule has 0 amide bonds. The average molecular weight is 259 g/mol. The number of aromatic amines is 1. The summed E-state index contributed by atoms with van der Waals surface area (Å²) < 4.78 is 37.5. The number of thioether (sulfide) groups is 1. The highest BCUT2D eigenvalue weighted by Gasteiger charge is 2.30. The normalized spacial score (nSPS) is 11.8. The molecule has 0 fully saturated rings. The Bertz CT molecular complexity index is 522. The molecule has 0 atom stereocenters. The van der Waals surface area contributed by atoms with Gasteiger partial charge in [0.2, 0.25) is 5.16 Å². The van der Waals surface area contributed by atoms with E-state index < -0.39 is 11.7 Å². The molecule has 1 aromatic carbocycles. The molecular weight excluding hydrogens is 251 g/mol. The van der Waals surface area contributed by atoms with E-state index in [-0.39, 0.29) is 0 Å². The first-order valence-corrected chi connectivity index (χ1v) is 5.87. The summed E-state index contributed by atoms with van der Waals surface area (Å²) in [5.41, 5.74) is -0.329. The summed E-state index contributed by atoms with van der Waals surface area (Å²) in [4.78, 5) is 4.05. The summed E-state index contributed by atoms with van der Waals surface area (Å²) in [6, 6.07) is 4.97. The molecule has 3 nitrogen and oxygen atoms in total. The molecule has 1 aromatic heterocycles. The second-order valence-electron chi connectivity index (χ2n) is 3.25. The molecule has 0 aliphatic rings. The fraction of sp³-hybridized carbons (Fsp3) is 0.200. The molecule has 0 unspecified atom stereocenters. The van der Waals surface area contributed by atoms with Crippen LogP contribution < -0.4 is 0 Å². The molecule has 17 heavy (non-hydrogen) atoms. The number of nitrogens with one attached hydrogen (secondary N) is 1. The Labute approximate surface area is 99.5 Å². The Balaban J connectivity index is 2.39. The molecule has 2 rings (SSSR count). The van der Waals surface area contributed by atoms with Crippen molar-refractivity contribution in [2.75, 3.05) is 6.26 Å². The van der Waals surface area contributed by atoms with Gasteiger partial charge >= 0.3 is 6.18 Å². The largest absolute Gasteiger partial charge is 0.416 e. The summed E-state index contributed by atoms with van der Waals surface area (Å²) in [6.45, 7) is 0. The molecular formula is C10H8F3N3S. The van der Waals surface area contributed by atoms with E-state index >= 15 is 0 Å². The third-order valence-corrected chi connectivity index (χ3v) is 2.66.